The van der Waals surface area contributed by atoms with Gasteiger partial charge in [0.25, 0.3) is 0 Å². The summed E-state index contributed by atoms with van der Waals surface area (Å²) in [6.07, 6.45) is 1.43. The zero-order valence-electron chi connectivity index (χ0n) is 7.98. The van der Waals surface area contributed by atoms with Gasteiger partial charge in [-0.15, -0.1) is 0 Å². The Morgan fingerprint density at radius 1 is 1.80 bits per heavy atom. The first-order valence-corrected chi connectivity index (χ1v) is 4.49. The molecule has 1 aromatic heterocycles. The van der Waals surface area contributed by atoms with Gasteiger partial charge in [0, 0.05) is 6.20 Å². The number of carbonyl (C=O) groups excluding carboxylic acids is 1. The summed E-state index contributed by atoms with van der Waals surface area (Å²) in [5.41, 5.74) is 0. The van der Waals surface area contributed by atoms with Gasteiger partial charge in [0.1, 0.15) is 11.9 Å². The van der Waals surface area contributed by atoms with Crippen LogP contribution >= 0.6 is 11.6 Å². The van der Waals surface area contributed by atoms with E-state index in [0.29, 0.717) is 5.82 Å². The number of anilines is 1. The zero-order valence-corrected chi connectivity index (χ0v) is 8.73. The van der Waals surface area contributed by atoms with Crippen LogP contribution in [-0.2, 0) is 9.53 Å². The highest BCUT2D eigenvalue weighted by Crippen LogP contribution is 2.07. The fraction of sp³-hybridized carbons (Fsp3) is 0.375. The highest BCUT2D eigenvalue weighted by Gasteiger charge is 2.18. The van der Waals surface area contributed by atoms with E-state index in [1.807, 2.05) is 0 Å². The van der Waals surface area contributed by atoms with Crippen LogP contribution in [-0.4, -0.2) is 40.8 Å². The molecule has 0 radical (unpaired) electrons. The molecule has 1 atom stereocenters. The van der Waals surface area contributed by atoms with Crippen molar-refractivity contribution in [3.63, 3.8) is 0 Å². The van der Waals surface area contributed by atoms with Crippen molar-refractivity contribution in [2.24, 2.45) is 0 Å². The van der Waals surface area contributed by atoms with Crippen LogP contribution in [0.5, 0.6) is 0 Å². The molecule has 0 bridgehead atoms. The Bertz CT molecular complexity index is 348. The van der Waals surface area contributed by atoms with E-state index >= 15 is 0 Å². The Kier molecular flexibility index (Phi) is 4.26. The van der Waals surface area contributed by atoms with Gasteiger partial charge in [-0.2, -0.15) is 0 Å². The number of aliphatic hydroxyl groups is 1. The number of nitrogens with zero attached hydrogens (tertiary/aromatic N) is 2. The molecule has 6 nitrogen and oxygen atoms in total. The first-order chi connectivity index (χ1) is 7.17. The molecule has 0 aromatic carbocycles. The monoisotopic (exact) mass is 231 g/mol. The molecule has 1 heterocycles. The second-order valence-corrected chi connectivity index (χ2v) is 2.95. The van der Waals surface area contributed by atoms with Crippen LogP contribution in [0.4, 0.5) is 5.82 Å². The average Bonchev–Trinajstić information content (AvgIpc) is 2.25. The maximum Gasteiger partial charge on any atom is 0.330 e. The van der Waals surface area contributed by atoms with Crippen LogP contribution in [0.1, 0.15) is 0 Å². The second kappa shape index (κ2) is 5.47. The summed E-state index contributed by atoms with van der Waals surface area (Å²) >= 11 is 5.54. The molecule has 7 heteroatoms. The van der Waals surface area contributed by atoms with E-state index in [0.717, 1.165) is 0 Å². The van der Waals surface area contributed by atoms with Crippen molar-refractivity contribution in [3.05, 3.63) is 17.5 Å². The van der Waals surface area contributed by atoms with Crippen LogP contribution in [0.15, 0.2) is 12.3 Å². The third-order valence-electron chi connectivity index (χ3n) is 1.62. The molecular formula is C8H10ClN3O3. The summed E-state index contributed by atoms with van der Waals surface area (Å²) in [6.45, 7) is -0.395. The number of hydrogen-bond donors (Lipinski definition) is 2. The summed E-state index contributed by atoms with van der Waals surface area (Å²) in [7, 11) is 1.24. The topological polar surface area (TPSA) is 84.3 Å². The Hall–Kier alpha value is -1.40. The third-order valence-corrected chi connectivity index (χ3v) is 1.80. The van der Waals surface area contributed by atoms with Crippen LogP contribution in [0.3, 0.4) is 0 Å². The van der Waals surface area contributed by atoms with Crippen molar-refractivity contribution >= 4 is 23.4 Å². The van der Waals surface area contributed by atoms with Crippen LogP contribution in [0.2, 0.25) is 5.28 Å². The minimum Gasteiger partial charge on any atom is -0.467 e. The molecule has 0 aliphatic rings. The summed E-state index contributed by atoms with van der Waals surface area (Å²) in [5, 5.41) is 11.6. The van der Waals surface area contributed by atoms with Crippen molar-refractivity contribution < 1.29 is 14.6 Å². The second-order valence-electron chi connectivity index (χ2n) is 2.61. The van der Waals surface area contributed by atoms with E-state index in [1.165, 1.54) is 19.4 Å². The van der Waals surface area contributed by atoms with Crippen LogP contribution < -0.4 is 5.32 Å². The van der Waals surface area contributed by atoms with Crippen molar-refractivity contribution in [1.82, 2.24) is 9.97 Å². The number of esters is 1. The lowest BCUT2D eigenvalue weighted by molar-refractivity contribution is -0.142. The van der Waals surface area contributed by atoms with Gasteiger partial charge in [0.05, 0.1) is 13.7 Å². The Labute approximate surface area is 91.3 Å². The maximum absolute atomic E-state index is 11.1. The van der Waals surface area contributed by atoms with Crippen molar-refractivity contribution in [1.29, 1.82) is 0 Å². The van der Waals surface area contributed by atoms with E-state index in [9.17, 15) is 4.79 Å². The molecule has 0 saturated carbocycles. The lowest BCUT2D eigenvalue weighted by Gasteiger charge is -2.13. The van der Waals surface area contributed by atoms with Gasteiger partial charge in [0.15, 0.2) is 0 Å². The zero-order chi connectivity index (χ0) is 11.3. The van der Waals surface area contributed by atoms with Crippen molar-refractivity contribution in [2.75, 3.05) is 19.0 Å². The Morgan fingerprint density at radius 3 is 3.07 bits per heavy atom. The normalized spacial score (nSPS) is 11.9. The fourth-order valence-corrected chi connectivity index (χ4v) is 1.06. The number of nitrogens with one attached hydrogen (secondary N) is 1. The maximum atomic E-state index is 11.1. The van der Waals surface area contributed by atoms with Gasteiger partial charge < -0.3 is 15.2 Å². The van der Waals surface area contributed by atoms with Gasteiger partial charge in [0.2, 0.25) is 5.28 Å². The largest absolute Gasteiger partial charge is 0.467 e. The number of halogens is 1. The van der Waals surface area contributed by atoms with Crippen LogP contribution in [0, 0.1) is 0 Å². The van der Waals surface area contributed by atoms with E-state index in [-0.39, 0.29) is 5.28 Å². The molecule has 0 aliphatic carbocycles. The third kappa shape index (κ3) is 3.34. The van der Waals surface area contributed by atoms with Gasteiger partial charge in [-0.3, -0.25) is 0 Å². The molecule has 1 aromatic rings. The van der Waals surface area contributed by atoms with Crippen LogP contribution in [0.25, 0.3) is 0 Å². The van der Waals surface area contributed by atoms with Crippen molar-refractivity contribution in [3.8, 4) is 0 Å². The Balaban J connectivity index is 2.70. The molecule has 0 spiro atoms. The first kappa shape index (κ1) is 11.7. The standard InChI is InChI=1S/C8H10ClN3O3/c1-15-7(14)5(4-13)11-6-2-3-10-8(9)12-6/h2-3,5,13H,4H2,1H3,(H,10,11,12)/t5-/m1/s1. The van der Waals surface area contributed by atoms with Gasteiger partial charge in [-0.25, -0.2) is 14.8 Å². The summed E-state index contributed by atoms with van der Waals surface area (Å²) in [6, 6.07) is 0.665. The molecule has 0 fully saturated rings. The van der Waals surface area contributed by atoms with Gasteiger partial charge in [-0.05, 0) is 17.7 Å². The number of aliphatic hydroxyl groups excluding tert-OH is 1. The quantitative estimate of drug-likeness (QED) is 0.564. The van der Waals surface area contributed by atoms with Crippen molar-refractivity contribution in [2.45, 2.75) is 6.04 Å². The number of hydrogen-bond acceptors (Lipinski definition) is 6. The minimum atomic E-state index is -0.860. The fourth-order valence-electron chi connectivity index (χ4n) is 0.915. The smallest absolute Gasteiger partial charge is 0.330 e. The molecule has 1 rings (SSSR count). The average molecular weight is 232 g/mol. The lowest BCUT2D eigenvalue weighted by atomic mass is 10.3. The Morgan fingerprint density at radius 2 is 2.53 bits per heavy atom. The van der Waals surface area contributed by atoms with Gasteiger partial charge in [-0.1, -0.05) is 0 Å². The number of carbonyl (C=O) groups is 1. The highest BCUT2D eigenvalue weighted by atomic mass is 35.5. The van der Waals surface area contributed by atoms with E-state index < -0.39 is 18.6 Å². The molecule has 2 N–H and O–H groups in total. The number of rotatable bonds is 4. The molecule has 0 amide bonds. The predicted molar refractivity (Wildman–Crippen MR) is 53.6 cm³/mol. The molecule has 0 unspecified atom stereocenters. The SMILES string of the molecule is COC(=O)[C@@H](CO)Nc1ccnc(Cl)n1. The highest BCUT2D eigenvalue weighted by molar-refractivity contribution is 6.28. The van der Waals surface area contributed by atoms with E-state index in [4.69, 9.17) is 16.7 Å². The van der Waals surface area contributed by atoms with E-state index in [2.05, 4.69) is 20.0 Å². The summed E-state index contributed by atoms with van der Waals surface area (Å²) in [5.74, 6) is -0.230. The number of methoxy groups -OCH3 is 1. The number of ether oxygens (including phenoxy) is 1. The molecule has 82 valence electrons. The molecule has 0 saturated heterocycles. The molecule has 0 aliphatic heterocycles. The molecule has 15 heavy (non-hydrogen) atoms. The summed E-state index contributed by atoms with van der Waals surface area (Å²) in [4.78, 5) is 18.6. The van der Waals surface area contributed by atoms with E-state index in [1.54, 1.807) is 0 Å². The minimum absolute atomic E-state index is 0.0570. The first-order valence-electron chi connectivity index (χ1n) is 4.11. The number of aromatic nitrogens is 2. The van der Waals surface area contributed by atoms with Gasteiger partial charge >= 0.3 is 5.97 Å². The summed E-state index contributed by atoms with van der Waals surface area (Å²) < 4.78 is 4.47. The lowest BCUT2D eigenvalue weighted by Crippen LogP contribution is -2.34. The predicted octanol–water partition coefficient (Wildman–Crippen LogP) is 0.0758. The molecular weight excluding hydrogens is 222 g/mol.